The van der Waals surface area contributed by atoms with Crippen LogP contribution in [-0.2, 0) is 9.47 Å². The molecule has 11 heteroatoms. The maximum absolute atomic E-state index is 12.5. The van der Waals surface area contributed by atoms with Gasteiger partial charge >= 0.3 is 6.09 Å². The first-order valence-corrected chi connectivity index (χ1v) is 9.41. The van der Waals surface area contributed by atoms with Gasteiger partial charge in [0.1, 0.15) is 11.8 Å². The molecule has 0 spiro atoms. The normalized spacial score (nSPS) is 24.8. The number of ether oxygens (including phenoxy) is 2. The lowest BCUT2D eigenvalue weighted by molar-refractivity contribution is -0.0297. The van der Waals surface area contributed by atoms with Gasteiger partial charge in [-0.15, -0.1) is 0 Å². The molecular formula is C18H27N5O6. The van der Waals surface area contributed by atoms with Crippen molar-refractivity contribution in [2.45, 2.75) is 58.2 Å². The van der Waals surface area contributed by atoms with Crippen LogP contribution in [0.5, 0.6) is 0 Å². The first-order valence-electron chi connectivity index (χ1n) is 9.41. The number of carbonyl (C=O) groups excluding carboxylic acids is 1. The molecule has 11 nitrogen and oxygen atoms in total. The summed E-state index contributed by atoms with van der Waals surface area (Å²) in [6, 6.07) is 0. The van der Waals surface area contributed by atoms with Crippen molar-refractivity contribution in [1.29, 1.82) is 0 Å². The number of hydrogen-bond donors (Lipinski definition) is 3. The van der Waals surface area contributed by atoms with E-state index in [1.165, 1.54) is 13.4 Å². The number of imidazole rings is 1. The molecule has 3 N–H and O–H groups in total. The Balaban J connectivity index is 1.98. The molecular weight excluding hydrogens is 382 g/mol. The fraction of sp³-hybridized carbons (Fsp3) is 0.667. The summed E-state index contributed by atoms with van der Waals surface area (Å²) in [5.41, 5.74) is -0.921. The number of H-pyrrole nitrogens is 1. The second-order valence-corrected chi connectivity index (χ2v) is 8.18. The minimum atomic E-state index is -0.782. The molecule has 3 heterocycles. The molecule has 1 fully saturated rings. The van der Waals surface area contributed by atoms with Gasteiger partial charge in [-0.1, -0.05) is 6.92 Å². The highest BCUT2D eigenvalue weighted by molar-refractivity contribution is 5.86. The number of aliphatic hydroxyl groups excluding tert-OH is 2. The lowest BCUT2D eigenvalue weighted by atomic mass is 10.0. The largest absolute Gasteiger partial charge is 0.443 e. The van der Waals surface area contributed by atoms with Crippen molar-refractivity contribution in [2.75, 3.05) is 18.6 Å². The van der Waals surface area contributed by atoms with Crippen LogP contribution in [0.15, 0.2) is 11.1 Å². The summed E-state index contributed by atoms with van der Waals surface area (Å²) in [6.45, 7) is 6.90. The number of nitrogens with zero attached hydrogens (tertiary/aromatic N) is 4. The molecule has 29 heavy (non-hydrogen) atoms. The van der Waals surface area contributed by atoms with Crippen molar-refractivity contribution >= 4 is 23.2 Å². The number of aromatic nitrogens is 4. The number of carbonyl (C=O) groups is 1. The molecule has 0 saturated carbocycles. The highest BCUT2D eigenvalue weighted by Gasteiger charge is 2.42. The van der Waals surface area contributed by atoms with Crippen LogP contribution in [0.1, 0.15) is 40.3 Å². The molecule has 4 atom stereocenters. The third-order valence-corrected chi connectivity index (χ3v) is 4.78. The van der Waals surface area contributed by atoms with E-state index in [0.717, 1.165) is 4.90 Å². The summed E-state index contributed by atoms with van der Waals surface area (Å²) < 4.78 is 12.8. The number of aromatic amines is 1. The van der Waals surface area contributed by atoms with E-state index < -0.39 is 35.7 Å². The standard InChI is InChI=1S/C18H27N5O6/c1-9-12(25)10(6-7-24)28-15(9)23-8-19-11-13(23)20-16(21-14(11)26)22(5)17(27)29-18(2,3)4/h8-10,12,15,24-25H,6-7H2,1-5H3,(H,20,21,26)/t9?,10-,12-,15-/m1/s1. The van der Waals surface area contributed by atoms with Crippen molar-refractivity contribution in [3.8, 4) is 0 Å². The molecule has 0 bridgehead atoms. The van der Waals surface area contributed by atoms with Crippen LogP contribution >= 0.6 is 0 Å². The number of rotatable bonds is 4. The van der Waals surface area contributed by atoms with Crippen molar-refractivity contribution < 1.29 is 24.5 Å². The van der Waals surface area contributed by atoms with Gasteiger partial charge < -0.3 is 19.7 Å². The van der Waals surface area contributed by atoms with Gasteiger partial charge in [0.05, 0.1) is 18.5 Å². The maximum Gasteiger partial charge on any atom is 0.416 e. The third-order valence-electron chi connectivity index (χ3n) is 4.78. The third kappa shape index (κ3) is 4.11. The number of hydrogen-bond acceptors (Lipinski definition) is 8. The summed E-state index contributed by atoms with van der Waals surface area (Å²) in [7, 11) is 1.44. The topological polar surface area (TPSA) is 143 Å². The Morgan fingerprint density at radius 1 is 1.45 bits per heavy atom. The zero-order chi connectivity index (χ0) is 21.5. The first kappa shape index (κ1) is 21.2. The van der Waals surface area contributed by atoms with E-state index in [0.29, 0.717) is 0 Å². The van der Waals surface area contributed by atoms with Gasteiger partial charge in [-0.05, 0) is 27.2 Å². The SMILES string of the molecule is CC1[C@@H](O)[C@@H](CCO)O[C@H]1n1cnc2c(=O)[nH]c(N(C)C(=O)OC(C)(C)C)nc21. The molecule has 2 aromatic heterocycles. The van der Waals surface area contributed by atoms with E-state index in [2.05, 4.69) is 15.0 Å². The van der Waals surface area contributed by atoms with E-state index in [4.69, 9.17) is 14.6 Å². The van der Waals surface area contributed by atoms with Crippen LogP contribution < -0.4 is 10.5 Å². The maximum atomic E-state index is 12.5. The van der Waals surface area contributed by atoms with Crippen LogP contribution in [0.3, 0.4) is 0 Å². The Bertz CT molecular complexity index is 948. The fourth-order valence-corrected chi connectivity index (χ4v) is 3.25. The van der Waals surface area contributed by atoms with E-state index in [9.17, 15) is 14.7 Å². The molecule has 0 aliphatic carbocycles. The lowest BCUT2D eigenvalue weighted by Crippen LogP contribution is -2.36. The number of nitrogens with one attached hydrogen (secondary N) is 1. The second-order valence-electron chi connectivity index (χ2n) is 8.18. The van der Waals surface area contributed by atoms with E-state index in [1.807, 2.05) is 0 Å². The monoisotopic (exact) mass is 409 g/mol. The molecule has 3 rings (SSSR count). The van der Waals surface area contributed by atoms with Crippen LogP contribution in [0, 0.1) is 5.92 Å². The summed E-state index contributed by atoms with van der Waals surface area (Å²) in [4.78, 5) is 36.9. The van der Waals surface area contributed by atoms with Gasteiger partial charge in [0.25, 0.3) is 5.56 Å². The van der Waals surface area contributed by atoms with Crippen LogP contribution in [0.2, 0.25) is 0 Å². The summed E-state index contributed by atoms with van der Waals surface area (Å²) in [5.74, 6) is -0.325. The molecule has 0 aromatic carbocycles. The van der Waals surface area contributed by atoms with Gasteiger partial charge in [0.2, 0.25) is 5.95 Å². The quantitative estimate of drug-likeness (QED) is 0.672. The summed E-state index contributed by atoms with van der Waals surface area (Å²) >= 11 is 0. The molecule has 1 saturated heterocycles. The van der Waals surface area contributed by atoms with E-state index in [1.54, 1.807) is 32.3 Å². The molecule has 1 aliphatic rings. The zero-order valence-corrected chi connectivity index (χ0v) is 17.1. The van der Waals surface area contributed by atoms with Gasteiger partial charge in [0.15, 0.2) is 11.2 Å². The van der Waals surface area contributed by atoms with Crippen LogP contribution in [-0.4, -0.2) is 67.3 Å². The molecule has 1 amide bonds. The highest BCUT2D eigenvalue weighted by Crippen LogP contribution is 2.36. The molecule has 160 valence electrons. The number of fused-ring (bicyclic) bond motifs is 1. The predicted molar refractivity (Wildman–Crippen MR) is 104 cm³/mol. The predicted octanol–water partition coefficient (Wildman–Crippen LogP) is 0.768. The van der Waals surface area contributed by atoms with Crippen molar-refractivity contribution in [3.63, 3.8) is 0 Å². The molecule has 0 radical (unpaired) electrons. The van der Waals surface area contributed by atoms with Crippen LogP contribution in [0.25, 0.3) is 11.2 Å². The van der Waals surface area contributed by atoms with Crippen molar-refractivity contribution in [1.82, 2.24) is 19.5 Å². The number of aliphatic hydroxyl groups is 2. The van der Waals surface area contributed by atoms with E-state index in [-0.39, 0.29) is 36.1 Å². The van der Waals surface area contributed by atoms with Gasteiger partial charge in [-0.25, -0.2) is 9.78 Å². The molecule has 1 aliphatic heterocycles. The van der Waals surface area contributed by atoms with Crippen LogP contribution in [0.4, 0.5) is 10.7 Å². The highest BCUT2D eigenvalue weighted by atomic mass is 16.6. The average molecular weight is 409 g/mol. The summed E-state index contributed by atoms with van der Waals surface area (Å²) in [5, 5.41) is 19.5. The average Bonchev–Trinajstić information content (AvgIpc) is 3.16. The fourth-order valence-electron chi connectivity index (χ4n) is 3.25. The van der Waals surface area contributed by atoms with Gasteiger partial charge in [0, 0.05) is 19.6 Å². The summed E-state index contributed by atoms with van der Waals surface area (Å²) in [6.07, 6.45) is -0.913. The Kier molecular flexibility index (Phi) is 5.65. The smallest absolute Gasteiger partial charge is 0.416 e. The minimum absolute atomic E-state index is 0.00314. The Morgan fingerprint density at radius 3 is 2.76 bits per heavy atom. The van der Waals surface area contributed by atoms with Gasteiger partial charge in [-0.2, -0.15) is 4.98 Å². The van der Waals surface area contributed by atoms with Gasteiger partial charge in [-0.3, -0.25) is 19.2 Å². The lowest BCUT2D eigenvalue weighted by Gasteiger charge is -2.24. The Morgan fingerprint density at radius 2 is 2.14 bits per heavy atom. The second kappa shape index (κ2) is 7.73. The molecule has 1 unspecified atom stereocenters. The first-order chi connectivity index (χ1) is 13.5. The zero-order valence-electron chi connectivity index (χ0n) is 17.1. The molecule has 2 aromatic rings. The Hall–Kier alpha value is -2.50. The van der Waals surface area contributed by atoms with Crippen molar-refractivity contribution in [3.05, 3.63) is 16.7 Å². The van der Waals surface area contributed by atoms with Crippen molar-refractivity contribution in [2.24, 2.45) is 5.92 Å². The minimum Gasteiger partial charge on any atom is -0.443 e. The number of amides is 1. The Labute approximate surface area is 167 Å². The number of anilines is 1. The van der Waals surface area contributed by atoms with E-state index >= 15 is 0 Å².